The number of hydrogen-bond donors (Lipinski definition) is 0. The van der Waals surface area contributed by atoms with Crippen LogP contribution >= 0.6 is 0 Å². The molecule has 1 atom stereocenters. The van der Waals surface area contributed by atoms with Crippen LogP contribution in [0, 0.1) is 5.41 Å². The Balaban J connectivity index is 1.94. The SMILES string of the molecule is C=CCN1CCN(C(=O)CC(C)(C)C)C(Cc2ccccc2-c2ccncc2)C1=O. The zero-order valence-electron chi connectivity index (χ0n) is 18.2. The van der Waals surface area contributed by atoms with E-state index in [1.54, 1.807) is 28.3 Å². The average molecular weight is 406 g/mol. The molecule has 5 nitrogen and oxygen atoms in total. The molecule has 1 aromatic carbocycles. The van der Waals surface area contributed by atoms with E-state index in [1.807, 2.05) is 30.3 Å². The van der Waals surface area contributed by atoms with Crippen molar-refractivity contribution >= 4 is 11.8 Å². The van der Waals surface area contributed by atoms with E-state index in [9.17, 15) is 9.59 Å². The summed E-state index contributed by atoms with van der Waals surface area (Å²) in [5.41, 5.74) is 3.05. The lowest BCUT2D eigenvalue weighted by Gasteiger charge is -2.41. The van der Waals surface area contributed by atoms with Crippen molar-refractivity contribution in [2.24, 2.45) is 5.41 Å². The number of carbonyl (C=O) groups is 2. The van der Waals surface area contributed by atoms with Gasteiger partial charge in [-0.25, -0.2) is 0 Å². The largest absolute Gasteiger partial charge is 0.335 e. The maximum Gasteiger partial charge on any atom is 0.246 e. The van der Waals surface area contributed by atoms with E-state index < -0.39 is 6.04 Å². The quantitative estimate of drug-likeness (QED) is 0.684. The van der Waals surface area contributed by atoms with Gasteiger partial charge in [0.1, 0.15) is 6.04 Å². The number of hydrogen-bond acceptors (Lipinski definition) is 3. The maximum atomic E-state index is 13.3. The van der Waals surface area contributed by atoms with Crippen molar-refractivity contribution in [2.45, 2.75) is 39.7 Å². The molecule has 1 aromatic heterocycles. The van der Waals surface area contributed by atoms with E-state index >= 15 is 0 Å². The van der Waals surface area contributed by atoms with Crippen LogP contribution in [0.1, 0.15) is 32.8 Å². The first-order chi connectivity index (χ1) is 14.3. The van der Waals surface area contributed by atoms with E-state index in [2.05, 4.69) is 38.4 Å². The average Bonchev–Trinajstić information content (AvgIpc) is 2.71. The molecular weight excluding hydrogens is 374 g/mol. The van der Waals surface area contributed by atoms with Gasteiger partial charge in [0, 0.05) is 44.9 Å². The first-order valence-electron chi connectivity index (χ1n) is 10.5. The van der Waals surface area contributed by atoms with Crippen LogP contribution in [0.3, 0.4) is 0 Å². The summed E-state index contributed by atoms with van der Waals surface area (Å²) in [5, 5.41) is 0. The lowest BCUT2D eigenvalue weighted by molar-refractivity contribution is -0.151. The zero-order valence-corrected chi connectivity index (χ0v) is 18.2. The van der Waals surface area contributed by atoms with E-state index in [-0.39, 0.29) is 17.2 Å². The van der Waals surface area contributed by atoms with Crippen molar-refractivity contribution in [3.63, 3.8) is 0 Å². The Hall–Kier alpha value is -2.95. The van der Waals surface area contributed by atoms with Crippen LogP contribution in [0.2, 0.25) is 0 Å². The van der Waals surface area contributed by atoms with Crippen LogP contribution in [0.15, 0.2) is 61.4 Å². The fourth-order valence-electron chi connectivity index (χ4n) is 3.95. The predicted octanol–water partition coefficient (Wildman–Crippen LogP) is 3.95. The Morgan fingerprint density at radius 2 is 1.87 bits per heavy atom. The molecule has 1 unspecified atom stereocenters. The molecule has 1 fully saturated rings. The van der Waals surface area contributed by atoms with Gasteiger partial charge in [-0.3, -0.25) is 14.6 Å². The van der Waals surface area contributed by atoms with Gasteiger partial charge in [-0.15, -0.1) is 6.58 Å². The summed E-state index contributed by atoms with van der Waals surface area (Å²) in [6.07, 6.45) is 6.18. The highest BCUT2D eigenvalue weighted by molar-refractivity contribution is 5.89. The fourth-order valence-corrected chi connectivity index (χ4v) is 3.95. The molecule has 0 aliphatic carbocycles. The van der Waals surface area contributed by atoms with Gasteiger partial charge in [0.05, 0.1) is 0 Å². The molecule has 2 heterocycles. The van der Waals surface area contributed by atoms with Crippen LogP contribution in [-0.2, 0) is 16.0 Å². The highest BCUT2D eigenvalue weighted by atomic mass is 16.2. The van der Waals surface area contributed by atoms with Crippen LogP contribution in [0.4, 0.5) is 0 Å². The van der Waals surface area contributed by atoms with Crippen LogP contribution < -0.4 is 0 Å². The minimum atomic E-state index is -0.503. The summed E-state index contributed by atoms with van der Waals surface area (Å²) in [4.78, 5) is 34.1. The number of amides is 2. The highest BCUT2D eigenvalue weighted by Gasteiger charge is 2.38. The molecule has 0 bridgehead atoms. The molecule has 2 amide bonds. The summed E-state index contributed by atoms with van der Waals surface area (Å²) in [6, 6.07) is 11.5. The van der Waals surface area contributed by atoms with E-state index in [4.69, 9.17) is 0 Å². The monoisotopic (exact) mass is 405 g/mol. The van der Waals surface area contributed by atoms with Crippen LogP contribution in [0.5, 0.6) is 0 Å². The first kappa shape index (κ1) is 21.8. The molecule has 0 saturated carbocycles. The number of rotatable bonds is 6. The molecule has 158 valence electrons. The second kappa shape index (κ2) is 9.24. The minimum Gasteiger partial charge on any atom is -0.335 e. The molecule has 1 saturated heterocycles. The van der Waals surface area contributed by atoms with Crippen molar-refractivity contribution in [1.29, 1.82) is 0 Å². The molecule has 0 N–H and O–H groups in total. The van der Waals surface area contributed by atoms with Gasteiger partial charge in [0.15, 0.2) is 0 Å². The maximum absolute atomic E-state index is 13.3. The Morgan fingerprint density at radius 3 is 2.53 bits per heavy atom. The standard InChI is InChI=1S/C25H31N3O2/c1-5-14-27-15-16-28(23(29)18-25(2,3)4)22(24(27)30)17-20-8-6-7-9-21(20)19-10-12-26-13-11-19/h5-13,22H,1,14-18H2,2-4H3. The van der Waals surface area contributed by atoms with Gasteiger partial charge < -0.3 is 9.80 Å². The van der Waals surface area contributed by atoms with Gasteiger partial charge in [-0.2, -0.15) is 0 Å². The van der Waals surface area contributed by atoms with Crippen molar-refractivity contribution in [1.82, 2.24) is 14.8 Å². The molecule has 3 rings (SSSR count). The second-order valence-corrected chi connectivity index (χ2v) is 9.01. The number of piperazine rings is 1. The molecular formula is C25H31N3O2. The van der Waals surface area contributed by atoms with Crippen molar-refractivity contribution < 1.29 is 9.59 Å². The van der Waals surface area contributed by atoms with Gasteiger partial charge in [0.2, 0.25) is 11.8 Å². The number of aromatic nitrogens is 1. The van der Waals surface area contributed by atoms with Gasteiger partial charge in [-0.1, -0.05) is 51.1 Å². The second-order valence-electron chi connectivity index (χ2n) is 9.01. The molecule has 0 spiro atoms. The Bertz CT molecular complexity index is 902. The smallest absolute Gasteiger partial charge is 0.246 e. The predicted molar refractivity (Wildman–Crippen MR) is 120 cm³/mol. The molecule has 0 radical (unpaired) electrons. The summed E-state index contributed by atoms with van der Waals surface area (Å²) in [6.45, 7) is 11.5. The van der Waals surface area contributed by atoms with Gasteiger partial charge in [-0.05, 0) is 34.2 Å². The summed E-state index contributed by atoms with van der Waals surface area (Å²) >= 11 is 0. The van der Waals surface area contributed by atoms with Crippen molar-refractivity contribution in [3.8, 4) is 11.1 Å². The Labute approximate surface area is 179 Å². The molecule has 30 heavy (non-hydrogen) atoms. The Kier molecular flexibility index (Phi) is 6.70. The lowest BCUT2D eigenvalue weighted by Crippen LogP contribution is -2.59. The molecule has 2 aromatic rings. The normalized spacial score (nSPS) is 17.2. The molecule has 1 aliphatic heterocycles. The van der Waals surface area contributed by atoms with E-state index in [0.717, 1.165) is 16.7 Å². The number of carbonyl (C=O) groups excluding carboxylic acids is 2. The fraction of sp³-hybridized carbons (Fsp3) is 0.400. The highest BCUT2D eigenvalue weighted by Crippen LogP contribution is 2.28. The third-order valence-corrected chi connectivity index (χ3v) is 5.36. The van der Waals surface area contributed by atoms with E-state index in [0.29, 0.717) is 32.5 Å². The van der Waals surface area contributed by atoms with Gasteiger partial charge >= 0.3 is 0 Å². The topological polar surface area (TPSA) is 53.5 Å². The van der Waals surface area contributed by atoms with Gasteiger partial charge in [0.25, 0.3) is 0 Å². The molecule has 1 aliphatic rings. The minimum absolute atomic E-state index is 0.00654. The number of benzene rings is 1. The third-order valence-electron chi connectivity index (χ3n) is 5.36. The zero-order chi connectivity index (χ0) is 21.7. The number of nitrogens with zero attached hydrogens (tertiary/aromatic N) is 3. The summed E-state index contributed by atoms with van der Waals surface area (Å²) < 4.78 is 0. The summed E-state index contributed by atoms with van der Waals surface area (Å²) in [7, 11) is 0. The van der Waals surface area contributed by atoms with Crippen molar-refractivity contribution in [2.75, 3.05) is 19.6 Å². The first-order valence-corrected chi connectivity index (χ1v) is 10.5. The summed E-state index contributed by atoms with van der Waals surface area (Å²) in [5.74, 6) is 0.0356. The Morgan fingerprint density at radius 1 is 1.17 bits per heavy atom. The van der Waals surface area contributed by atoms with Crippen LogP contribution in [-0.4, -0.2) is 52.3 Å². The molecule has 5 heteroatoms. The van der Waals surface area contributed by atoms with E-state index in [1.165, 1.54) is 0 Å². The van der Waals surface area contributed by atoms with Crippen molar-refractivity contribution in [3.05, 3.63) is 67.0 Å². The third kappa shape index (κ3) is 5.15. The number of pyridine rings is 1. The van der Waals surface area contributed by atoms with Crippen LogP contribution in [0.25, 0.3) is 11.1 Å². The lowest BCUT2D eigenvalue weighted by atomic mass is 9.90.